The van der Waals surface area contributed by atoms with Gasteiger partial charge in [0.1, 0.15) is 0 Å². The molecule has 0 aliphatic carbocycles. The zero-order chi connectivity index (χ0) is 14.7. The molecule has 0 spiro atoms. The highest BCUT2D eigenvalue weighted by atomic mass is 79.9. The van der Waals surface area contributed by atoms with Gasteiger partial charge >= 0.3 is 0 Å². The Bertz CT molecular complexity index is 573. The third-order valence-electron chi connectivity index (χ3n) is 3.57. The lowest BCUT2D eigenvalue weighted by Crippen LogP contribution is -2.32. The number of nitrogens with zero attached hydrogens (tertiary/aromatic N) is 1. The molecule has 0 saturated heterocycles. The van der Waals surface area contributed by atoms with Crippen LogP contribution in [-0.4, -0.2) is 18.5 Å². The van der Waals surface area contributed by atoms with Crippen molar-refractivity contribution < 1.29 is 0 Å². The second-order valence-corrected chi connectivity index (χ2v) is 7.11. The first-order valence-corrected chi connectivity index (χ1v) is 8.49. The molecule has 2 N–H and O–H groups in total. The molecule has 0 saturated carbocycles. The van der Waals surface area contributed by atoms with Gasteiger partial charge in [-0.1, -0.05) is 23.7 Å². The van der Waals surface area contributed by atoms with Crippen molar-refractivity contribution in [1.82, 2.24) is 4.90 Å². The number of hydrogen-bond acceptors (Lipinski definition) is 3. The molecule has 2 nitrogen and oxygen atoms in total. The normalized spacial score (nSPS) is 14.5. The molecule has 0 aliphatic heterocycles. The van der Waals surface area contributed by atoms with Crippen molar-refractivity contribution in [2.24, 2.45) is 5.73 Å². The summed E-state index contributed by atoms with van der Waals surface area (Å²) in [6, 6.07) is 10.6. The third-order valence-corrected chi connectivity index (χ3v) is 5.60. The lowest BCUT2D eigenvalue weighted by molar-refractivity contribution is 0.193. The van der Waals surface area contributed by atoms with Gasteiger partial charge in [0.25, 0.3) is 0 Å². The zero-order valence-corrected chi connectivity index (χ0v) is 14.7. The molecule has 2 unspecified atom stereocenters. The van der Waals surface area contributed by atoms with Crippen molar-refractivity contribution in [3.8, 4) is 0 Å². The fraction of sp³-hybridized carbons (Fsp3) is 0.333. The summed E-state index contributed by atoms with van der Waals surface area (Å²) in [6.45, 7) is 2.77. The summed E-state index contributed by atoms with van der Waals surface area (Å²) < 4.78 is 1.11. The Balaban J connectivity index is 2.22. The van der Waals surface area contributed by atoms with E-state index in [-0.39, 0.29) is 12.1 Å². The second-order valence-electron chi connectivity index (χ2n) is 4.82. The first-order valence-electron chi connectivity index (χ1n) is 6.44. The summed E-state index contributed by atoms with van der Waals surface area (Å²) >= 11 is 11.3. The van der Waals surface area contributed by atoms with Gasteiger partial charge < -0.3 is 5.73 Å². The van der Waals surface area contributed by atoms with E-state index in [9.17, 15) is 0 Å². The van der Waals surface area contributed by atoms with Gasteiger partial charge in [-0.15, -0.1) is 11.3 Å². The van der Waals surface area contributed by atoms with Crippen molar-refractivity contribution >= 4 is 38.9 Å². The van der Waals surface area contributed by atoms with Gasteiger partial charge in [-0.3, -0.25) is 4.90 Å². The molecule has 2 rings (SSSR count). The van der Waals surface area contributed by atoms with Crippen molar-refractivity contribution in [1.29, 1.82) is 0 Å². The number of thiophene rings is 1. The molecular weight excluding hydrogens is 356 g/mol. The van der Waals surface area contributed by atoms with Crippen molar-refractivity contribution in [3.63, 3.8) is 0 Å². The maximum atomic E-state index is 6.08. The highest BCUT2D eigenvalue weighted by Crippen LogP contribution is 2.33. The fourth-order valence-electron chi connectivity index (χ4n) is 2.26. The molecule has 2 aromatic rings. The van der Waals surface area contributed by atoms with Crippen LogP contribution in [0.15, 0.2) is 40.2 Å². The van der Waals surface area contributed by atoms with E-state index < -0.39 is 0 Å². The Labute approximate surface area is 137 Å². The van der Waals surface area contributed by atoms with Crippen LogP contribution >= 0.6 is 38.9 Å². The average molecular weight is 374 g/mol. The molecule has 0 fully saturated rings. The molecular formula is C15H18BrClN2S. The quantitative estimate of drug-likeness (QED) is 0.811. The van der Waals surface area contributed by atoms with Gasteiger partial charge in [0, 0.05) is 32.3 Å². The van der Waals surface area contributed by atoms with Crippen molar-refractivity contribution in [2.75, 3.05) is 13.6 Å². The second kappa shape index (κ2) is 7.05. The third kappa shape index (κ3) is 3.62. The molecule has 0 amide bonds. The minimum Gasteiger partial charge on any atom is -0.329 e. The summed E-state index contributed by atoms with van der Waals surface area (Å²) in [5, 5.41) is 2.86. The summed E-state index contributed by atoms with van der Waals surface area (Å²) in [7, 11) is 2.11. The van der Waals surface area contributed by atoms with E-state index in [1.54, 1.807) is 11.3 Å². The molecule has 2 atom stereocenters. The Kier molecular flexibility index (Phi) is 5.64. The molecule has 1 aromatic carbocycles. The number of rotatable bonds is 5. The highest BCUT2D eigenvalue weighted by molar-refractivity contribution is 9.10. The molecule has 108 valence electrons. The number of halogens is 2. The van der Waals surface area contributed by atoms with Crippen molar-refractivity contribution in [3.05, 3.63) is 55.6 Å². The van der Waals surface area contributed by atoms with Crippen LogP contribution in [0, 0.1) is 0 Å². The summed E-state index contributed by atoms with van der Waals surface area (Å²) in [5.74, 6) is 0. The fourth-order valence-corrected chi connectivity index (χ4v) is 4.07. The first-order chi connectivity index (χ1) is 9.52. The van der Waals surface area contributed by atoms with E-state index in [0.717, 1.165) is 9.50 Å². The minimum absolute atomic E-state index is 0.209. The monoisotopic (exact) mass is 372 g/mol. The van der Waals surface area contributed by atoms with Gasteiger partial charge in [0.05, 0.1) is 6.04 Å². The van der Waals surface area contributed by atoms with E-state index >= 15 is 0 Å². The predicted octanol–water partition coefficient (Wildman–Crippen LogP) is 4.86. The van der Waals surface area contributed by atoms with Gasteiger partial charge in [-0.25, -0.2) is 0 Å². The lowest BCUT2D eigenvalue weighted by atomic mass is 10.0. The van der Waals surface area contributed by atoms with Crippen LogP contribution in [-0.2, 0) is 0 Å². The molecule has 5 heteroatoms. The Morgan fingerprint density at radius 3 is 2.70 bits per heavy atom. The largest absolute Gasteiger partial charge is 0.329 e. The predicted molar refractivity (Wildman–Crippen MR) is 91.4 cm³/mol. The van der Waals surface area contributed by atoms with Gasteiger partial charge in [-0.2, -0.15) is 0 Å². The number of likely N-dealkylation sites (N-methyl/N-ethyl adjacent to an activating group) is 1. The van der Waals surface area contributed by atoms with E-state index in [0.29, 0.717) is 6.54 Å². The maximum absolute atomic E-state index is 6.08. The van der Waals surface area contributed by atoms with E-state index in [2.05, 4.69) is 52.3 Å². The van der Waals surface area contributed by atoms with Crippen molar-refractivity contribution in [2.45, 2.75) is 19.0 Å². The molecule has 0 radical (unpaired) electrons. The minimum atomic E-state index is 0.209. The highest BCUT2D eigenvalue weighted by Gasteiger charge is 2.22. The van der Waals surface area contributed by atoms with Gasteiger partial charge in [0.15, 0.2) is 0 Å². The van der Waals surface area contributed by atoms with Crippen LogP contribution in [0.1, 0.15) is 29.4 Å². The van der Waals surface area contributed by atoms with Gasteiger partial charge in [0.2, 0.25) is 0 Å². The smallest absolute Gasteiger partial charge is 0.0567 e. The molecule has 20 heavy (non-hydrogen) atoms. The Morgan fingerprint density at radius 1 is 1.40 bits per heavy atom. The van der Waals surface area contributed by atoms with Crippen LogP contribution in [0.4, 0.5) is 0 Å². The number of nitrogens with two attached hydrogens (primary N) is 1. The van der Waals surface area contributed by atoms with Crippen LogP contribution in [0.2, 0.25) is 5.02 Å². The van der Waals surface area contributed by atoms with Crippen LogP contribution in [0.3, 0.4) is 0 Å². The summed E-state index contributed by atoms with van der Waals surface area (Å²) in [4.78, 5) is 3.57. The molecule has 1 heterocycles. The van der Waals surface area contributed by atoms with Crippen LogP contribution in [0.25, 0.3) is 0 Å². The topological polar surface area (TPSA) is 29.3 Å². The summed E-state index contributed by atoms with van der Waals surface area (Å²) in [6.07, 6.45) is 0. The number of hydrogen-bond donors (Lipinski definition) is 1. The molecule has 0 bridgehead atoms. The molecule has 1 aromatic heterocycles. The molecule has 0 aliphatic rings. The maximum Gasteiger partial charge on any atom is 0.0567 e. The first kappa shape index (κ1) is 16.0. The summed E-state index contributed by atoms with van der Waals surface area (Å²) in [5.41, 5.74) is 7.19. The lowest BCUT2D eigenvalue weighted by Gasteiger charge is -2.32. The zero-order valence-electron chi connectivity index (χ0n) is 11.5. The standard InChI is InChI=1S/C15H18BrClN2S/c1-10(11-4-3-5-13(17)6-11)19(2)14(8-18)15-7-12(16)9-20-15/h3-7,9-10,14H,8,18H2,1-2H3. The SMILES string of the molecule is CC(c1cccc(Cl)c1)N(C)C(CN)c1cc(Br)cs1. The van der Waals surface area contributed by atoms with Crippen LogP contribution in [0.5, 0.6) is 0 Å². The number of benzene rings is 1. The van der Waals surface area contributed by atoms with Crippen LogP contribution < -0.4 is 5.73 Å². The Morgan fingerprint density at radius 2 is 2.15 bits per heavy atom. The average Bonchev–Trinajstić information content (AvgIpc) is 2.85. The van der Waals surface area contributed by atoms with E-state index in [4.69, 9.17) is 17.3 Å². The Hall–Kier alpha value is -0.390. The van der Waals surface area contributed by atoms with E-state index in [1.165, 1.54) is 10.4 Å². The van der Waals surface area contributed by atoms with Gasteiger partial charge in [-0.05, 0) is 53.7 Å². The van der Waals surface area contributed by atoms with E-state index in [1.807, 2.05) is 18.2 Å².